The Bertz CT molecular complexity index is 720. The highest BCUT2D eigenvalue weighted by molar-refractivity contribution is 5.82. The fraction of sp³-hybridized carbons (Fsp3) is 0.500. The summed E-state index contributed by atoms with van der Waals surface area (Å²) < 4.78 is 0. The summed E-state index contributed by atoms with van der Waals surface area (Å²) in [4.78, 5) is 14.9. The number of benzene rings is 1. The van der Waals surface area contributed by atoms with Crippen LogP contribution in [0.5, 0.6) is 0 Å². The fourth-order valence-corrected chi connectivity index (χ4v) is 3.43. The lowest BCUT2D eigenvalue weighted by molar-refractivity contribution is -0.384. The van der Waals surface area contributed by atoms with Crippen molar-refractivity contribution in [3.63, 3.8) is 0 Å². The molecule has 2 N–H and O–H groups in total. The molecule has 3 rings (SSSR count). The molecule has 0 saturated heterocycles. The zero-order valence-corrected chi connectivity index (χ0v) is 13.6. The van der Waals surface area contributed by atoms with E-state index < -0.39 is 4.92 Å². The summed E-state index contributed by atoms with van der Waals surface area (Å²) in [5, 5.41) is 24.8. The van der Waals surface area contributed by atoms with Crippen LogP contribution in [0, 0.1) is 16.0 Å². The molecule has 1 aromatic heterocycles. The van der Waals surface area contributed by atoms with Crippen molar-refractivity contribution < 1.29 is 10.0 Å². The molecule has 0 amide bonds. The molecule has 128 valence electrons. The van der Waals surface area contributed by atoms with E-state index in [9.17, 15) is 15.2 Å². The molecular formula is C18H23N3O3. The van der Waals surface area contributed by atoms with Crippen LogP contribution in [-0.4, -0.2) is 27.7 Å². The lowest BCUT2D eigenvalue weighted by Crippen LogP contribution is -2.24. The number of nitro benzene ring substituents is 1. The number of hydrogen-bond acceptors (Lipinski definition) is 5. The average Bonchev–Trinajstić information content (AvgIpc) is 2.59. The van der Waals surface area contributed by atoms with Gasteiger partial charge < -0.3 is 10.4 Å². The molecule has 6 nitrogen and oxygen atoms in total. The topological polar surface area (TPSA) is 88.3 Å². The van der Waals surface area contributed by atoms with E-state index in [0.29, 0.717) is 5.92 Å². The molecular weight excluding hydrogens is 306 g/mol. The summed E-state index contributed by atoms with van der Waals surface area (Å²) in [6.07, 6.45) is 6.36. The first-order valence-corrected chi connectivity index (χ1v) is 8.60. The maximum Gasteiger partial charge on any atom is 0.270 e. The van der Waals surface area contributed by atoms with Gasteiger partial charge in [0.15, 0.2) is 0 Å². The minimum absolute atomic E-state index is 0.0797. The van der Waals surface area contributed by atoms with Gasteiger partial charge in [0.05, 0.1) is 16.5 Å². The van der Waals surface area contributed by atoms with E-state index in [0.717, 1.165) is 55.4 Å². The first-order valence-electron chi connectivity index (χ1n) is 8.60. The van der Waals surface area contributed by atoms with Gasteiger partial charge in [-0.05, 0) is 49.8 Å². The average molecular weight is 329 g/mol. The number of non-ortho nitro benzene ring substituents is 1. The first kappa shape index (κ1) is 16.6. The molecule has 24 heavy (non-hydrogen) atoms. The molecule has 1 saturated carbocycles. The van der Waals surface area contributed by atoms with Gasteiger partial charge in [-0.1, -0.05) is 12.8 Å². The number of rotatable bonds is 6. The Labute approximate surface area is 141 Å². The van der Waals surface area contributed by atoms with Crippen molar-refractivity contribution in [2.45, 2.75) is 44.6 Å². The Kier molecular flexibility index (Phi) is 5.25. The molecule has 1 heterocycles. The third-order valence-electron chi connectivity index (χ3n) is 4.81. The van der Waals surface area contributed by atoms with Crippen LogP contribution in [0.25, 0.3) is 10.9 Å². The molecule has 1 aromatic carbocycles. The Morgan fingerprint density at radius 3 is 2.88 bits per heavy atom. The second-order valence-corrected chi connectivity index (χ2v) is 6.51. The summed E-state index contributed by atoms with van der Waals surface area (Å²) in [5.74, 6) is 1.21. The smallest absolute Gasteiger partial charge is 0.270 e. The minimum Gasteiger partial charge on any atom is -0.393 e. The summed E-state index contributed by atoms with van der Waals surface area (Å²) in [6, 6.07) is 8.39. The molecule has 6 heteroatoms. The molecule has 2 atom stereocenters. The van der Waals surface area contributed by atoms with Crippen LogP contribution in [0.15, 0.2) is 30.3 Å². The number of nitrogens with zero attached hydrogens (tertiary/aromatic N) is 2. The number of aliphatic hydroxyl groups is 1. The SMILES string of the molecule is O=[N+]([O-])c1ccc2nc(NCCCC3CCCCC3O)ccc2c1. The van der Waals surface area contributed by atoms with Crippen molar-refractivity contribution >= 4 is 22.4 Å². The lowest BCUT2D eigenvalue weighted by atomic mass is 9.83. The van der Waals surface area contributed by atoms with Crippen LogP contribution in [0.2, 0.25) is 0 Å². The van der Waals surface area contributed by atoms with Crippen LogP contribution >= 0.6 is 0 Å². The number of nitrogens with one attached hydrogen (secondary N) is 1. The van der Waals surface area contributed by atoms with Crippen LogP contribution in [0.1, 0.15) is 38.5 Å². The summed E-state index contributed by atoms with van der Waals surface area (Å²) in [7, 11) is 0. The monoisotopic (exact) mass is 329 g/mol. The van der Waals surface area contributed by atoms with Crippen LogP contribution in [0.4, 0.5) is 11.5 Å². The van der Waals surface area contributed by atoms with Gasteiger partial charge in [-0.3, -0.25) is 10.1 Å². The normalized spacial score (nSPS) is 20.9. The highest BCUT2D eigenvalue weighted by Gasteiger charge is 2.22. The van der Waals surface area contributed by atoms with Crippen LogP contribution in [-0.2, 0) is 0 Å². The van der Waals surface area contributed by atoms with Gasteiger partial charge in [0.2, 0.25) is 0 Å². The first-order chi connectivity index (χ1) is 11.6. The maximum absolute atomic E-state index is 10.8. The van der Waals surface area contributed by atoms with E-state index in [1.54, 1.807) is 6.07 Å². The molecule has 2 aromatic rings. The zero-order chi connectivity index (χ0) is 16.9. The molecule has 0 bridgehead atoms. The third kappa shape index (κ3) is 4.00. The van der Waals surface area contributed by atoms with Crippen molar-refractivity contribution in [2.75, 3.05) is 11.9 Å². The second kappa shape index (κ2) is 7.57. The fourth-order valence-electron chi connectivity index (χ4n) is 3.43. The van der Waals surface area contributed by atoms with Gasteiger partial charge in [-0.15, -0.1) is 0 Å². The Hall–Kier alpha value is -2.21. The third-order valence-corrected chi connectivity index (χ3v) is 4.81. The van der Waals surface area contributed by atoms with Crippen molar-refractivity contribution in [1.82, 2.24) is 4.98 Å². The van der Waals surface area contributed by atoms with E-state index in [2.05, 4.69) is 10.3 Å². The Morgan fingerprint density at radius 2 is 2.08 bits per heavy atom. The van der Waals surface area contributed by atoms with Crippen LogP contribution in [0.3, 0.4) is 0 Å². The van der Waals surface area contributed by atoms with Gasteiger partial charge in [0.1, 0.15) is 5.82 Å². The Morgan fingerprint density at radius 1 is 1.25 bits per heavy atom. The summed E-state index contributed by atoms with van der Waals surface area (Å²) in [6.45, 7) is 0.814. The molecule has 1 aliphatic carbocycles. The van der Waals surface area contributed by atoms with Gasteiger partial charge in [0.25, 0.3) is 5.69 Å². The zero-order valence-electron chi connectivity index (χ0n) is 13.6. The highest BCUT2D eigenvalue weighted by atomic mass is 16.6. The van der Waals surface area contributed by atoms with E-state index in [4.69, 9.17) is 0 Å². The second-order valence-electron chi connectivity index (χ2n) is 6.51. The van der Waals surface area contributed by atoms with E-state index in [1.165, 1.54) is 18.6 Å². The van der Waals surface area contributed by atoms with Gasteiger partial charge in [-0.25, -0.2) is 4.98 Å². The molecule has 0 aliphatic heterocycles. The van der Waals surface area contributed by atoms with Gasteiger partial charge in [0, 0.05) is 24.1 Å². The van der Waals surface area contributed by atoms with Crippen LogP contribution < -0.4 is 5.32 Å². The maximum atomic E-state index is 10.8. The lowest BCUT2D eigenvalue weighted by Gasteiger charge is -2.27. The molecule has 0 radical (unpaired) electrons. The number of hydrogen-bond donors (Lipinski definition) is 2. The quantitative estimate of drug-likeness (QED) is 0.477. The number of anilines is 1. The summed E-state index contributed by atoms with van der Waals surface area (Å²) in [5.41, 5.74) is 0.823. The van der Waals surface area contributed by atoms with Gasteiger partial charge >= 0.3 is 0 Å². The molecule has 2 unspecified atom stereocenters. The number of fused-ring (bicyclic) bond motifs is 1. The molecule has 0 spiro atoms. The number of pyridine rings is 1. The predicted octanol–water partition coefficient (Wildman–Crippen LogP) is 3.89. The minimum atomic E-state index is -0.398. The summed E-state index contributed by atoms with van der Waals surface area (Å²) >= 11 is 0. The van der Waals surface area contributed by atoms with E-state index in [-0.39, 0.29) is 11.8 Å². The Balaban J connectivity index is 1.53. The van der Waals surface area contributed by atoms with Crippen molar-refractivity contribution in [3.8, 4) is 0 Å². The predicted molar refractivity (Wildman–Crippen MR) is 94.1 cm³/mol. The van der Waals surface area contributed by atoms with Crippen molar-refractivity contribution in [2.24, 2.45) is 5.92 Å². The number of aliphatic hydroxyl groups excluding tert-OH is 1. The van der Waals surface area contributed by atoms with Crippen molar-refractivity contribution in [1.29, 1.82) is 0 Å². The number of nitro groups is 1. The molecule has 1 aliphatic rings. The van der Waals surface area contributed by atoms with E-state index >= 15 is 0 Å². The number of aromatic nitrogens is 1. The van der Waals surface area contributed by atoms with E-state index in [1.807, 2.05) is 12.1 Å². The largest absolute Gasteiger partial charge is 0.393 e. The highest BCUT2D eigenvalue weighted by Crippen LogP contribution is 2.28. The standard InChI is InChI=1S/C18H23N3O3/c22-17-6-2-1-4-13(17)5-3-11-19-18-10-7-14-12-15(21(23)24)8-9-16(14)20-18/h7-10,12-13,17,22H,1-6,11H2,(H,19,20). The van der Waals surface area contributed by atoms with Gasteiger partial charge in [-0.2, -0.15) is 0 Å². The molecule has 1 fully saturated rings. The van der Waals surface area contributed by atoms with Crippen molar-refractivity contribution in [3.05, 3.63) is 40.4 Å².